The van der Waals surface area contributed by atoms with E-state index in [9.17, 15) is 0 Å². The minimum absolute atomic E-state index is 0.327. The van der Waals surface area contributed by atoms with Crippen molar-refractivity contribution in [1.82, 2.24) is 35.1 Å². The molecular formula is C12H19N7. The van der Waals surface area contributed by atoms with Gasteiger partial charge in [0.2, 0.25) is 0 Å². The second kappa shape index (κ2) is 5.08. The number of nitrogens with zero attached hydrogens (tertiary/aromatic N) is 6. The zero-order valence-electron chi connectivity index (χ0n) is 11.4. The number of aromatic amines is 1. The molecule has 0 spiro atoms. The molecule has 1 saturated heterocycles. The van der Waals surface area contributed by atoms with Gasteiger partial charge in [0, 0.05) is 6.54 Å². The number of likely N-dealkylation sites (tertiary alicyclic amines) is 1. The molecule has 1 fully saturated rings. The molecule has 0 aromatic carbocycles. The van der Waals surface area contributed by atoms with Gasteiger partial charge in [-0.1, -0.05) is 0 Å². The van der Waals surface area contributed by atoms with Gasteiger partial charge in [-0.25, -0.2) is 4.98 Å². The molecule has 0 aliphatic carbocycles. The van der Waals surface area contributed by atoms with Crippen LogP contribution in [0.2, 0.25) is 0 Å². The predicted octanol–water partition coefficient (Wildman–Crippen LogP) is 1.06. The third-order valence-corrected chi connectivity index (χ3v) is 3.67. The van der Waals surface area contributed by atoms with E-state index in [1.54, 1.807) is 11.1 Å². The summed E-state index contributed by atoms with van der Waals surface area (Å²) in [6.45, 7) is 6.79. The lowest BCUT2D eigenvalue weighted by Gasteiger charge is -2.21. The van der Waals surface area contributed by atoms with Crippen LogP contribution < -0.4 is 0 Å². The Balaban J connectivity index is 1.76. The van der Waals surface area contributed by atoms with Crippen molar-refractivity contribution in [3.8, 4) is 0 Å². The quantitative estimate of drug-likeness (QED) is 0.890. The van der Waals surface area contributed by atoms with Crippen LogP contribution in [0, 0.1) is 6.92 Å². The molecule has 0 radical (unpaired) electrons. The van der Waals surface area contributed by atoms with Gasteiger partial charge in [0.1, 0.15) is 12.2 Å². The lowest BCUT2D eigenvalue weighted by Crippen LogP contribution is -2.24. The first-order valence-electron chi connectivity index (χ1n) is 6.78. The van der Waals surface area contributed by atoms with Crippen LogP contribution in [-0.4, -0.2) is 41.6 Å². The van der Waals surface area contributed by atoms with Gasteiger partial charge in [-0.05, 0) is 33.2 Å². The summed E-state index contributed by atoms with van der Waals surface area (Å²) in [4.78, 5) is 8.44. The fourth-order valence-corrected chi connectivity index (χ4v) is 2.65. The molecule has 0 amide bonds. The van der Waals surface area contributed by atoms with Crippen LogP contribution in [0.15, 0.2) is 6.33 Å². The van der Waals surface area contributed by atoms with Crippen molar-refractivity contribution < 1.29 is 0 Å². The van der Waals surface area contributed by atoms with E-state index in [1.165, 1.54) is 6.42 Å². The summed E-state index contributed by atoms with van der Waals surface area (Å²) in [5, 5.41) is 15.9. The average molecular weight is 261 g/mol. The number of hydrogen-bond donors (Lipinski definition) is 1. The van der Waals surface area contributed by atoms with Crippen LogP contribution in [0.25, 0.3) is 0 Å². The van der Waals surface area contributed by atoms with E-state index in [4.69, 9.17) is 0 Å². The van der Waals surface area contributed by atoms with E-state index in [0.29, 0.717) is 6.04 Å². The standard InChI is InChI=1S/C12H19N7/c1-3-19-16-9(2)10(17-19)7-18-6-4-5-11(18)12-13-8-14-15-12/h8,11H,3-7H2,1-2H3,(H,13,14,15)/t11-/m0/s1. The van der Waals surface area contributed by atoms with E-state index in [-0.39, 0.29) is 0 Å². The van der Waals surface area contributed by atoms with Gasteiger partial charge in [0.15, 0.2) is 0 Å². The molecule has 0 bridgehead atoms. The van der Waals surface area contributed by atoms with Crippen molar-refractivity contribution in [1.29, 1.82) is 0 Å². The van der Waals surface area contributed by atoms with Crippen molar-refractivity contribution in [3.63, 3.8) is 0 Å². The highest BCUT2D eigenvalue weighted by Crippen LogP contribution is 2.30. The number of hydrogen-bond acceptors (Lipinski definition) is 5. The smallest absolute Gasteiger partial charge is 0.141 e. The molecule has 1 aliphatic rings. The molecule has 0 unspecified atom stereocenters. The largest absolute Gasteiger partial charge is 0.287 e. The number of aromatic nitrogens is 6. The normalized spacial score (nSPS) is 20.2. The van der Waals surface area contributed by atoms with Gasteiger partial charge < -0.3 is 0 Å². The second-order valence-corrected chi connectivity index (χ2v) is 4.92. The van der Waals surface area contributed by atoms with E-state index >= 15 is 0 Å². The fraction of sp³-hybridized carbons (Fsp3) is 0.667. The first-order valence-corrected chi connectivity index (χ1v) is 6.78. The Bertz CT molecular complexity index is 530. The summed E-state index contributed by atoms with van der Waals surface area (Å²) in [6.07, 6.45) is 3.88. The Labute approximate surface area is 112 Å². The summed E-state index contributed by atoms with van der Waals surface area (Å²) >= 11 is 0. The highest BCUT2D eigenvalue weighted by atomic mass is 15.5. The molecular weight excluding hydrogens is 242 g/mol. The van der Waals surface area contributed by atoms with E-state index in [0.717, 1.165) is 43.3 Å². The maximum Gasteiger partial charge on any atom is 0.141 e. The van der Waals surface area contributed by atoms with E-state index in [1.807, 2.05) is 6.92 Å². The maximum atomic E-state index is 4.53. The molecule has 3 rings (SSSR count). The van der Waals surface area contributed by atoms with Gasteiger partial charge in [0.05, 0.1) is 24.0 Å². The van der Waals surface area contributed by atoms with Crippen LogP contribution in [-0.2, 0) is 13.1 Å². The molecule has 7 nitrogen and oxygen atoms in total. The minimum Gasteiger partial charge on any atom is -0.287 e. The summed E-state index contributed by atoms with van der Waals surface area (Å²) in [6, 6.07) is 0.327. The monoisotopic (exact) mass is 261 g/mol. The predicted molar refractivity (Wildman–Crippen MR) is 69.2 cm³/mol. The molecule has 1 N–H and O–H groups in total. The number of H-pyrrole nitrogens is 1. The highest BCUT2D eigenvalue weighted by molar-refractivity contribution is 5.08. The Kier molecular flexibility index (Phi) is 3.29. The summed E-state index contributed by atoms with van der Waals surface area (Å²) < 4.78 is 0. The van der Waals surface area contributed by atoms with Crippen LogP contribution in [0.1, 0.15) is 43.0 Å². The molecule has 7 heteroatoms. The minimum atomic E-state index is 0.327. The van der Waals surface area contributed by atoms with Crippen molar-refractivity contribution in [2.45, 2.75) is 45.8 Å². The Morgan fingerprint density at radius 1 is 1.42 bits per heavy atom. The highest BCUT2D eigenvalue weighted by Gasteiger charge is 2.29. The van der Waals surface area contributed by atoms with Crippen LogP contribution in [0.4, 0.5) is 0 Å². The van der Waals surface area contributed by atoms with Crippen molar-refractivity contribution in [2.75, 3.05) is 6.54 Å². The SMILES string of the molecule is CCn1nc(C)c(CN2CCC[C@H]2c2ncn[nH]2)n1. The Morgan fingerprint density at radius 3 is 3.00 bits per heavy atom. The molecule has 2 aromatic rings. The third kappa shape index (κ3) is 2.37. The van der Waals surface area contributed by atoms with Gasteiger partial charge in [-0.15, -0.1) is 0 Å². The van der Waals surface area contributed by atoms with Crippen molar-refractivity contribution in [2.24, 2.45) is 0 Å². The molecule has 1 aliphatic heterocycles. The summed E-state index contributed by atoms with van der Waals surface area (Å²) in [7, 11) is 0. The van der Waals surface area contributed by atoms with E-state index < -0.39 is 0 Å². The Morgan fingerprint density at radius 2 is 2.32 bits per heavy atom. The summed E-state index contributed by atoms with van der Waals surface area (Å²) in [5.41, 5.74) is 2.08. The zero-order valence-corrected chi connectivity index (χ0v) is 11.4. The second-order valence-electron chi connectivity index (χ2n) is 4.92. The van der Waals surface area contributed by atoms with Crippen molar-refractivity contribution in [3.05, 3.63) is 23.5 Å². The lowest BCUT2D eigenvalue weighted by atomic mass is 10.2. The molecule has 0 saturated carbocycles. The first kappa shape index (κ1) is 12.3. The molecule has 1 atom stereocenters. The molecule has 2 aromatic heterocycles. The van der Waals surface area contributed by atoms with Gasteiger partial charge in [-0.2, -0.15) is 20.1 Å². The van der Waals surface area contributed by atoms with Crippen LogP contribution in [0.3, 0.4) is 0 Å². The Hall–Kier alpha value is -1.76. The molecule has 102 valence electrons. The van der Waals surface area contributed by atoms with Crippen molar-refractivity contribution >= 4 is 0 Å². The summed E-state index contributed by atoms with van der Waals surface area (Å²) in [5.74, 6) is 0.957. The zero-order chi connectivity index (χ0) is 13.2. The number of aryl methyl sites for hydroxylation is 2. The lowest BCUT2D eigenvalue weighted by molar-refractivity contribution is 0.236. The van der Waals surface area contributed by atoms with Crippen LogP contribution in [0.5, 0.6) is 0 Å². The van der Waals surface area contributed by atoms with Gasteiger partial charge >= 0.3 is 0 Å². The van der Waals surface area contributed by atoms with E-state index in [2.05, 4.69) is 37.2 Å². The number of rotatable bonds is 4. The fourth-order valence-electron chi connectivity index (χ4n) is 2.65. The molecule has 3 heterocycles. The number of nitrogens with one attached hydrogen (secondary N) is 1. The topological polar surface area (TPSA) is 75.5 Å². The van der Waals surface area contributed by atoms with Gasteiger partial charge in [0.25, 0.3) is 0 Å². The maximum absolute atomic E-state index is 4.53. The van der Waals surface area contributed by atoms with Crippen LogP contribution >= 0.6 is 0 Å². The average Bonchev–Trinajstić information content (AvgIpc) is 3.11. The van der Waals surface area contributed by atoms with Gasteiger partial charge in [-0.3, -0.25) is 10.00 Å². The third-order valence-electron chi connectivity index (χ3n) is 3.67. The molecule has 19 heavy (non-hydrogen) atoms. The first-order chi connectivity index (χ1) is 9.28.